The van der Waals surface area contributed by atoms with Gasteiger partial charge in [-0.3, -0.25) is 14.5 Å². The largest absolute Gasteiger partial charge is 0.497 e. The van der Waals surface area contributed by atoms with Gasteiger partial charge in [0.2, 0.25) is 18.6 Å². The van der Waals surface area contributed by atoms with Crippen LogP contribution in [0.25, 0.3) is 0 Å². The zero-order valence-electron chi connectivity index (χ0n) is 20.2. The van der Waals surface area contributed by atoms with Gasteiger partial charge in [0.05, 0.1) is 24.9 Å². The number of nitrogens with zero attached hydrogens (tertiary/aromatic N) is 2. The number of benzene rings is 3. The second kappa shape index (κ2) is 10.9. The van der Waals surface area contributed by atoms with E-state index < -0.39 is 11.2 Å². The second-order valence-electron chi connectivity index (χ2n) is 8.44. The number of carboxylic acids is 1. The van der Waals surface area contributed by atoms with Crippen LogP contribution in [0.3, 0.4) is 0 Å². The monoisotopic (exact) mass is 533 g/mol. The van der Waals surface area contributed by atoms with E-state index in [0.717, 1.165) is 5.56 Å². The molecule has 10 nitrogen and oxygen atoms in total. The lowest BCUT2D eigenvalue weighted by molar-refractivity contribution is -0.129. The van der Waals surface area contributed by atoms with Gasteiger partial charge in [-0.25, -0.2) is 9.79 Å². The molecule has 2 N–H and O–H groups in total. The lowest BCUT2D eigenvalue weighted by Crippen LogP contribution is -2.44. The summed E-state index contributed by atoms with van der Waals surface area (Å²) in [5.74, 6) is 0.238. The molecule has 1 fully saturated rings. The molecule has 3 aromatic rings. The van der Waals surface area contributed by atoms with Crippen molar-refractivity contribution in [1.29, 1.82) is 0 Å². The van der Waals surface area contributed by atoms with E-state index in [2.05, 4.69) is 5.32 Å². The summed E-state index contributed by atoms with van der Waals surface area (Å²) in [4.78, 5) is 43.8. The number of carbonyl (C=O) groups is 3. The van der Waals surface area contributed by atoms with Crippen molar-refractivity contribution in [3.8, 4) is 17.2 Å². The molecule has 0 unspecified atom stereocenters. The Morgan fingerprint density at radius 3 is 2.53 bits per heavy atom. The van der Waals surface area contributed by atoms with Crippen LogP contribution in [-0.2, 0) is 16.1 Å². The van der Waals surface area contributed by atoms with Gasteiger partial charge in [-0.2, -0.15) is 0 Å². The van der Waals surface area contributed by atoms with Crippen LogP contribution in [0.5, 0.6) is 17.2 Å². The first-order chi connectivity index (χ1) is 18.4. The van der Waals surface area contributed by atoms with Gasteiger partial charge in [-0.05, 0) is 66.2 Å². The maximum atomic E-state index is 13.3. The Morgan fingerprint density at radius 2 is 1.82 bits per heavy atom. The minimum atomic E-state index is -1.06. The number of carboxylic acid groups (broad SMARTS) is 1. The number of thioether (sulfide) groups is 1. The van der Waals surface area contributed by atoms with Crippen molar-refractivity contribution in [3.63, 3.8) is 0 Å². The summed E-state index contributed by atoms with van der Waals surface area (Å²) < 4.78 is 16.1. The molecule has 0 radical (unpaired) electrons. The Balaban J connectivity index is 1.38. The summed E-state index contributed by atoms with van der Waals surface area (Å²) in [7, 11) is 1.57. The number of rotatable bonds is 7. The molecule has 38 heavy (non-hydrogen) atoms. The van der Waals surface area contributed by atoms with Crippen molar-refractivity contribution in [2.75, 3.05) is 19.2 Å². The van der Waals surface area contributed by atoms with E-state index in [9.17, 15) is 14.4 Å². The summed E-state index contributed by atoms with van der Waals surface area (Å²) in [5.41, 5.74) is 1.97. The Labute approximate surface area is 222 Å². The Kier molecular flexibility index (Phi) is 7.18. The number of amides is 2. The number of fused-ring (bicyclic) bond motifs is 1. The first-order valence-corrected chi connectivity index (χ1v) is 12.5. The summed E-state index contributed by atoms with van der Waals surface area (Å²) in [6, 6.07) is 18.4. The standard InChI is InChI=1S/C27H23N3O7S/c1-35-20-9-7-19(8-10-20)29-27-30(14-16-2-11-21-22(12-16)37-15-36-21)24(31)13-23(38-27)25(32)28-18-5-3-17(4-6-18)26(33)34/h2-12,23H,13-15H2,1H3,(H,28,32)(H,33,34)/t23-/m0/s1. The van der Waals surface area contributed by atoms with E-state index in [1.165, 1.54) is 36.0 Å². The average molecular weight is 534 g/mol. The Morgan fingerprint density at radius 1 is 1.08 bits per heavy atom. The number of aliphatic imine (C=N–C) groups is 1. The van der Waals surface area contributed by atoms with E-state index in [0.29, 0.717) is 33.8 Å². The minimum absolute atomic E-state index is 0.0319. The number of anilines is 1. The first-order valence-electron chi connectivity index (χ1n) is 11.6. The second-order valence-corrected chi connectivity index (χ2v) is 9.61. The number of nitrogens with one attached hydrogen (secondary N) is 1. The SMILES string of the molecule is COc1ccc(N=C2S[C@H](C(=O)Nc3ccc(C(=O)O)cc3)CC(=O)N2Cc2ccc3c(c2)OCO3)cc1. The number of ether oxygens (including phenoxy) is 3. The molecule has 0 bridgehead atoms. The van der Waals surface area contributed by atoms with E-state index in [1.54, 1.807) is 42.3 Å². The first kappa shape index (κ1) is 25.2. The Hall–Kier alpha value is -4.51. The minimum Gasteiger partial charge on any atom is -0.497 e. The summed E-state index contributed by atoms with van der Waals surface area (Å²) in [6.45, 7) is 0.389. The molecule has 1 saturated heterocycles. The molecule has 2 heterocycles. The highest BCUT2D eigenvalue weighted by molar-refractivity contribution is 8.15. The highest BCUT2D eigenvalue weighted by Gasteiger charge is 2.36. The highest BCUT2D eigenvalue weighted by Crippen LogP contribution is 2.35. The summed E-state index contributed by atoms with van der Waals surface area (Å²) >= 11 is 1.19. The third-order valence-corrected chi connectivity index (χ3v) is 7.09. The normalized spacial score (nSPS) is 17.4. The van der Waals surface area contributed by atoms with Crippen molar-refractivity contribution < 1.29 is 33.7 Å². The molecule has 0 aromatic heterocycles. The molecular formula is C27H23N3O7S. The van der Waals surface area contributed by atoms with E-state index in [4.69, 9.17) is 24.3 Å². The maximum absolute atomic E-state index is 13.3. The summed E-state index contributed by atoms with van der Waals surface area (Å²) in [6.07, 6.45) is -0.0319. The number of methoxy groups -OCH3 is 1. The molecule has 0 aliphatic carbocycles. The quantitative estimate of drug-likeness (QED) is 0.461. The Bertz CT molecular complexity index is 1410. The van der Waals surface area contributed by atoms with Crippen molar-refractivity contribution in [2.45, 2.75) is 18.2 Å². The number of carbonyl (C=O) groups excluding carboxylic acids is 2. The van der Waals surface area contributed by atoms with E-state index in [1.807, 2.05) is 12.1 Å². The average Bonchev–Trinajstić information content (AvgIpc) is 3.39. The van der Waals surface area contributed by atoms with Crippen LogP contribution in [0.1, 0.15) is 22.3 Å². The van der Waals surface area contributed by atoms with Gasteiger partial charge in [0.15, 0.2) is 16.7 Å². The molecule has 194 valence electrons. The number of hydrogen-bond donors (Lipinski definition) is 2. The van der Waals surface area contributed by atoms with Crippen LogP contribution in [0, 0.1) is 0 Å². The zero-order chi connectivity index (χ0) is 26.6. The lowest BCUT2D eigenvalue weighted by Gasteiger charge is -2.32. The zero-order valence-corrected chi connectivity index (χ0v) is 21.1. The van der Waals surface area contributed by atoms with Crippen molar-refractivity contribution >= 4 is 46.1 Å². The predicted octanol–water partition coefficient (Wildman–Crippen LogP) is 4.28. The molecule has 2 aliphatic rings. The van der Waals surface area contributed by atoms with E-state index >= 15 is 0 Å². The fraction of sp³-hybridized carbons (Fsp3) is 0.185. The van der Waals surface area contributed by atoms with Gasteiger partial charge in [0.25, 0.3) is 0 Å². The fourth-order valence-corrected chi connectivity index (χ4v) is 5.00. The van der Waals surface area contributed by atoms with Crippen LogP contribution in [0.15, 0.2) is 71.7 Å². The van der Waals surface area contributed by atoms with Crippen LogP contribution >= 0.6 is 11.8 Å². The molecule has 0 saturated carbocycles. The van der Waals surface area contributed by atoms with Gasteiger partial charge < -0.3 is 24.6 Å². The summed E-state index contributed by atoms with van der Waals surface area (Å²) in [5, 5.41) is 11.5. The fourth-order valence-electron chi connectivity index (χ4n) is 3.90. The third kappa shape index (κ3) is 5.57. The van der Waals surface area contributed by atoms with Gasteiger partial charge in [-0.1, -0.05) is 17.8 Å². The molecular weight excluding hydrogens is 510 g/mol. The topological polar surface area (TPSA) is 127 Å². The van der Waals surface area contributed by atoms with Crippen LogP contribution in [-0.4, -0.2) is 52.1 Å². The highest BCUT2D eigenvalue weighted by atomic mass is 32.2. The lowest BCUT2D eigenvalue weighted by atomic mass is 10.1. The predicted molar refractivity (Wildman–Crippen MR) is 141 cm³/mol. The van der Waals surface area contributed by atoms with Gasteiger partial charge in [0, 0.05) is 12.1 Å². The van der Waals surface area contributed by atoms with Crippen molar-refractivity contribution in [3.05, 3.63) is 77.9 Å². The molecule has 5 rings (SSSR count). The van der Waals surface area contributed by atoms with Crippen LogP contribution < -0.4 is 19.5 Å². The van der Waals surface area contributed by atoms with Gasteiger partial charge in [-0.15, -0.1) is 0 Å². The molecule has 1 atom stereocenters. The molecule has 2 amide bonds. The van der Waals surface area contributed by atoms with Gasteiger partial charge >= 0.3 is 5.97 Å². The van der Waals surface area contributed by atoms with Gasteiger partial charge in [0.1, 0.15) is 11.0 Å². The van der Waals surface area contributed by atoms with Crippen LogP contribution in [0.4, 0.5) is 11.4 Å². The van der Waals surface area contributed by atoms with Crippen molar-refractivity contribution in [2.24, 2.45) is 4.99 Å². The third-order valence-electron chi connectivity index (χ3n) is 5.91. The molecule has 11 heteroatoms. The van der Waals surface area contributed by atoms with Crippen molar-refractivity contribution in [1.82, 2.24) is 4.90 Å². The number of aromatic carboxylic acids is 1. The smallest absolute Gasteiger partial charge is 0.335 e. The number of amidine groups is 1. The molecule has 3 aromatic carbocycles. The number of hydrogen-bond acceptors (Lipinski definition) is 8. The van der Waals surface area contributed by atoms with Crippen LogP contribution in [0.2, 0.25) is 0 Å². The molecule has 0 spiro atoms. The maximum Gasteiger partial charge on any atom is 0.335 e. The van der Waals surface area contributed by atoms with E-state index in [-0.39, 0.29) is 37.1 Å². The molecule has 2 aliphatic heterocycles.